The van der Waals surface area contributed by atoms with Crippen molar-refractivity contribution in [1.29, 1.82) is 0 Å². The molecule has 1 fully saturated rings. The molecular formula is C17H22ClNO3. The Bertz CT molecular complexity index is 548. The second-order valence-electron chi connectivity index (χ2n) is 6.67. The van der Waals surface area contributed by atoms with Crippen molar-refractivity contribution in [2.24, 2.45) is 5.92 Å². The summed E-state index contributed by atoms with van der Waals surface area (Å²) in [6.45, 7) is 6.36. The van der Waals surface area contributed by atoms with E-state index in [2.05, 4.69) is 0 Å². The van der Waals surface area contributed by atoms with Crippen LogP contribution >= 0.6 is 11.6 Å². The molecule has 0 radical (unpaired) electrons. The predicted molar refractivity (Wildman–Crippen MR) is 86.1 cm³/mol. The Hall–Kier alpha value is -1.55. The SMILES string of the molecule is CC(C)(C)OC(=O)N1CCC(=O)[C@@H](Cc2ccc(Cl)cc2)C1. The van der Waals surface area contributed by atoms with Crippen LogP contribution in [0.3, 0.4) is 0 Å². The number of carbonyl (C=O) groups excluding carboxylic acids is 2. The van der Waals surface area contributed by atoms with Crippen molar-refractivity contribution >= 4 is 23.5 Å². The maximum absolute atomic E-state index is 12.1. The Labute approximate surface area is 136 Å². The zero-order chi connectivity index (χ0) is 16.3. The van der Waals surface area contributed by atoms with Gasteiger partial charge in [0.05, 0.1) is 0 Å². The average Bonchev–Trinajstić information content (AvgIpc) is 2.41. The van der Waals surface area contributed by atoms with Crippen LogP contribution < -0.4 is 0 Å². The fourth-order valence-electron chi connectivity index (χ4n) is 2.48. The van der Waals surface area contributed by atoms with Crippen LogP contribution in [-0.2, 0) is 16.0 Å². The van der Waals surface area contributed by atoms with Crippen LogP contribution in [0.2, 0.25) is 5.02 Å². The lowest BCUT2D eigenvalue weighted by atomic mass is 9.90. The first-order valence-corrected chi connectivity index (χ1v) is 7.87. The van der Waals surface area contributed by atoms with Crippen LogP contribution in [0.5, 0.6) is 0 Å². The number of piperidine rings is 1. The largest absolute Gasteiger partial charge is 0.444 e. The van der Waals surface area contributed by atoms with Crippen molar-refractivity contribution in [3.8, 4) is 0 Å². The van der Waals surface area contributed by atoms with Crippen LogP contribution in [0.15, 0.2) is 24.3 Å². The number of carbonyl (C=O) groups is 2. The highest BCUT2D eigenvalue weighted by molar-refractivity contribution is 6.30. The molecular weight excluding hydrogens is 302 g/mol. The topological polar surface area (TPSA) is 46.6 Å². The zero-order valence-corrected chi connectivity index (χ0v) is 14.0. The molecule has 1 saturated heterocycles. The Morgan fingerprint density at radius 1 is 1.32 bits per heavy atom. The monoisotopic (exact) mass is 323 g/mol. The first-order chi connectivity index (χ1) is 10.2. The summed E-state index contributed by atoms with van der Waals surface area (Å²) in [5.41, 5.74) is 0.526. The second kappa shape index (κ2) is 6.69. The number of likely N-dealkylation sites (tertiary alicyclic amines) is 1. The highest BCUT2D eigenvalue weighted by atomic mass is 35.5. The van der Waals surface area contributed by atoms with Gasteiger partial charge in [0.2, 0.25) is 0 Å². The quantitative estimate of drug-likeness (QED) is 0.833. The van der Waals surface area contributed by atoms with E-state index < -0.39 is 5.60 Å². The van der Waals surface area contributed by atoms with Crippen LogP contribution in [0, 0.1) is 5.92 Å². The lowest BCUT2D eigenvalue weighted by molar-refractivity contribution is -0.125. The molecule has 0 bridgehead atoms. The van der Waals surface area contributed by atoms with Gasteiger partial charge in [0.25, 0.3) is 0 Å². The molecule has 1 heterocycles. The van der Waals surface area contributed by atoms with Crippen LogP contribution in [0.4, 0.5) is 4.79 Å². The summed E-state index contributed by atoms with van der Waals surface area (Å²) in [4.78, 5) is 25.9. The van der Waals surface area contributed by atoms with E-state index in [0.29, 0.717) is 31.0 Å². The van der Waals surface area contributed by atoms with Gasteiger partial charge < -0.3 is 9.64 Å². The van der Waals surface area contributed by atoms with Gasteiger partial charge in [0, 0.05) is 30.5 Å². The zero-order valence-electron chi connectivity index (χ0n) is 13.3. The van der Waals surface area contributed by atoms with Gasteiger partial charge in [-0.1, -0.05) is 23.7 Å². The summed E-state index contributed by atoms with van der Waals surface area (Å²) < 4.78 is 5.38. The molecule has 0 saturated carbocycles. The molecule has 1 atom stereocenters. The van der Waals surface area contributed by atoms with Gasteiger partial charge in [-0.3, -0.25) is 4.79 Å². The maximum atomic E-state index is 12.1. The number of rotatable bonds is 2. The van der Waals surface area contributed by atoms with Gasteiger partial charge in [0.15, 0.2) is 0 Å². The minimum absolute atomic E-state index is 0.178. The fourth-order valence-corrected chi connectivity index (χ4v) is 2.61. The molecule has 0 N–H and O–H groups in total. The molecule has 1 aliphatic heterocycles. The molecule has 0 spiro atoms. The Morgan fingerprint density at radius 2 is 1.95 bits per heavy atom. The lowest BCUT2D eigenvalue weighted by Gasteiger charge is -2.33. The molecule has 0 aromatic heterocycles. The maximum Gasteiger partial charge on any atom is 0.410 e. The number of Topliss-reactive ketones (excluding diaryl/α,β-unsaturated/α-hetero) is 1. The van der Waals surface area contributed by atoms with E-state index in [0.717, 1.165) is 5.56 Å². The van der Waals surface area contributed by atoms with Crippen molar-refractivity contribution in [3.63, 3.8) is 0 Å². The number of ether oxygens (including phenoxy) is 1. The number of hydrogen-bond donors (Lipinski definition) is 0. The second-order valence-corrected chi connectivity index (χ2v) is 7.11. The summed E-state index contributed by atoms with van der Waals surface area (Å²) in [6, 6.07) is 7.47. The third-order valence-corrected chi connectivity index (χ3v) is 3.82. The lowest BCUT2D eigenvalue weighted by Crippen LogP contribution is -2.46. The first-order valence-electron chi connectivity index (χ1n) is 7.50. The number of hydrogen-bond acceptors (Lipinski definition) is 3. The standard InChI is InChI=1S/C17H22ClNO3/c1-17(2,3)22-16(21)19-9-8-15(20)13(11-19)10-12-4-6-14(18)7-5-12/h4-7,13H,8-11H2,1-3H3/t13-/m0/s1. The Balaban J connectivity index is 2.00. The molecule has 4 nitrogen and oxygen atoms in total. The molecule has 1 aromatic carbocycles. The molecule has 1 aliphatic rings. The highest BCUT2D eigenvalue weighted by Crippen LogP contribution is 2.21. The van der Waals surface area contributed by atoms with E-state index in [4.69, 9.17) is 16.3 Å². The molecule has 2 rings (SSSR count). The molecule has 0 unspecified atom stereocenters. The number of ketones is 1. The van der Waals surface area contributed by atoms with Crippen molar-refractivity contribution in [3.05, 3.63) is 34.9 Å². The van der Waals surface area contributed by atoms with Gasteiger partial charge >= 0.3 is 6.09 Å². The molecule has 1 aromatic rings. The van der Waals surface area contributed by atoms with E-state index >= 15 is 0 Å². The average molecular weight is 324 g/mol. The number of amides is 1. The van der Waals surface area contributed by atoms with Crippen LogP contribution in [0.1, 0.15) is 32.8 Å². The number of benzene rings is 1. The van der Waals surface area contributed by atoms with Crippen molar-refractivity contribution in [1.82, 2.24) is 4.90 Å². The molecule has 5 heteroatoms. The Kier molecular flexibility index (Phi) is 5.12. The fraction of sp³-hybridized carbons (Fsp3) is 0.529. The van der Waals surface area contributed by atoms with Gasteiger partial charge in [-0.2, -0.15) is 0 Å². The summed E-state index contributed by atoms with van der Waals surface area (Å²) in [6.07, 6.45) is 0.661. The summed E-state index contributed by atoms with van der Waals surface area (Å²) in [7, 11) is 0. The highest BCUT2D eigenvalue weighted by Gasteiger charge is 2.32. The number of halogens is 1. The van der Waals surface area contributed by atoms with Crippen molar-refractivity contribution < 1.29 is 14.3 Å². The molecule has 0 aliphatic carbocycles. The summed E-state index contributed by atoms with van der Waals surface area (Å²) >= 11 is 5.87. The first kappa shape index (κ1) is 16.8. The van der Waals surface area contributed by atoms with Gasteiger partial charge in [-0.15, -0.1) is 0 Å². The van der Waals surface area contributed by atoms with Gasteiger partial charge in [-0.25, -0.2) is 4.79 Å². The Morgan fingerprint density at radius 3 is 2.55 bits per heavy atom. The van der Waals surface area contributed by atoms with E-state index in [1.165, 1.54) is 0 Å². The van der Waals surface area contributed by atoms with E-state index in [9.17, 15) is 9.59 Å². The summed E-state index contributed by atoms with van der Waals surface area (Å²) in [5, 5.41) is 0.675. The smallest absolute Gasteiger partial charge is 0.410 e. The van der Waals surface area contributed by atoms with Gasteiger partial charge in [-0.05, 0) is 44.9 Å². The molecule has 120 valence electrons. The van der Waals surface area contributed by atoms with Crippen LogP contribution in [0.25, 0.3) is 0 Å². The number of nitrogens with zero attached hydrogens (tertiary/aromatic N) is 1. The van der Waals surface area contributed by atoms with E-state index in [-0.39, 0.29) is 17.8 Å². The summed E-state index contributed by atoms with van der Waals surface area (Å²) in [5.74, 6) is 0.0252. The normalized spacial score (nSPS) is 19.2. The van der Waals surface area contributed by atoms with Crippen molar-refractivity contribution in [2.75, 3.05) is 13.1 Å². The van der Waals surface area contributed by atoms with E-state index in [1.807, 2.05) is 45.0 Å². The minimum atomic E-state index is -0.524. The van der Waals surface area contributed by atoms with Crippen molar-refractivity contribution in [2.45, 2.75) is 39.2 Å². The van der Waals surface area contributed by atoms with Gasteiger partial charge in [0.1, 0.15) is 11.4 Å². The third-order valence-electron chi connectivity index (χ3n) is 3.57. The minimum Gasteiger partial charge on any atom is -0.444 e. The molecule has 1 amide bonds. The van der Waals surface area contributed by atoms with Crippen LogP contribution in [-0.4, -0.2) is 35.5 Å². The van der Waals surface area contributed by atoms with E-state index in [1.54, 1.807) is 4.90 Å². The third kappa shape index (κ3) is 4.73. The predicted octanol–water partition coefficient (Wildman–Crippen LogP) is 3.71. The molecule has 22 heavy (non-hydrogen) atoms.